The number of piperidine rings is 1. The third-order valence-corrected chi connectivity index (χ3v) is 4.08. The molecule has 0 atom stereocenters. The molecule has 0 N–H and O–H groups in total. The van der Waals surface area contributed by atoms with Crippen LogP contribution in [0.4, 0.5) is 5.69 Å². The second kappa shape index (κ2) is 6.40. The minimum atomic E-state index is -2.60. The van der Waals surface area contributed by atoms with Gasteiger partial charge in [0.05, 0.1) is 11.9 Å². The Balaban J connectivity index is 0.00000162. The molecule has 18 heavy (non-hydrogen) atoms. The van der Waals surface area contributed by atoms with Crippen LogP contribution in [-0.4, -0.2) is 49.3 Å². The highest BCUT2D eigenvalue weighted by molar-refractivity contribution is 7.74. The quantitative estimate of drug-likeness (QED) is 0.813. The molecule has 6 nitrogen and oxygen atoms in total. The zero-order valence-electron chi connectivity index (χ0n) is 10.5. The van der Waals surface area contributed by atoms with Gasteiger partial charge in [-0.3, -0.25) is 8.99 Å². The largest absolute Gasteiger partial charge is 0.306 e. The molecule has 104 valence electrons. The Morgan fingerprint density at radius 3 is 2.39 bits per heavy atom. The first kappa shape index (κ1) is 15.3. The molecule has 2 heterocycles. The summed E-state index contributed by atoms with van der Waals surface area (Å²) in [5, 5.41) is 4.03. The van der Waals surface area contributed by atoms with Crippen molar-refractivity contribution in [1.29, 1.82) is 0 Å². The highest BCUT2D eigenvalue weighted by Gasteiger charge is 2.25. The van der Waals surface area contributed by atoms with Crippen molar-refractivity contribution in [2.24, 2.45) is 7.05 Å². The molecule has 1 aromatic heterocycles. The van der Waals surface area contributed by atoms with Crippen LogP contribution in [-0.2, 0) is 17.9 Å². The molecule has 8 heteroatoms. The Bertz CT molecular complexity index is 446. The minimum absolute atomic E-state index is 0. The van der Waals surface area contributed by atoms with E-state index in [1.54, 1.807) is 24.1 Å². The maximum atomic E-state index is 11.4. The molecule has 0 saturated carbocycles. The van der Waals surface area contributed by atoms with Gasteiger partial charge in [0, 0.05) is 19.3 Å². The van der Waals surface area contributed by atoms with Crippen LogP contribution in [0.3, 0.4) is 0 Å². The van der Waals surface area contributed by atoms with Gasteiger partial charge in [-0.05, 0) is 33.0 Å². The molecular formula is C10H19ClN4O2S. The summed E-state index contributed by atoms with van der Waals surface area (Å²) in [6, 6.07) is 0.0662. The van der Waals surface area contributed by atoms with Gasteiger partial charge in [-0.1, -0.05) is 0 Å². The first-order chi connectivity index (χ1) is 8.08. The van der Waals surface area contributed by atoms with Gasteiger partial charge in [0.2, 0.25) is 10.9 Å². The van der Waals surface area contributed by atoms with Gasteiger partial charge in [0.1, 0.15) is 0 Å². The Hall–Kier alpha value is -0.790. The van der Waals surface area contributed by atoms with Crippen molar-refractivity contribution in [3.8, 4) is 0 Å². The number of aromatic nitrogens is 2. The van der Waals surface area contributed by atoms with Crippen molar-refractivity contribution >= 4 is 29.0 Å². The lowest BCUT2D eigenvalue weighted by atomic mass is 10.1. The fourth-order valence-electron chi connectivity index (χ4n) is 2.20. The van der Waals surface area contributed by atoms with E-state index in [9.17, 15) is 8.42 Å². The third kappa shape index (κ3) is 3.37. The number of hydrogen-bond acceptors (Lipinski definition) is 4. The SMILES string of the molecule is CN1CCC(N(c2cnn(C)c2)[SH](=O)=O)CC1.Cl. The predicted molar refractivity (Wildman–Crippen MR) is 73.8 cm³/mol. The molecule has 1 aromatic rings. The van der Waals surface area contributed by atoms with Gasteiger partial charge >= 0.3 is 0 Å². The molecule has 1 fully saturated rings. The standard InChI is InChI=1S/C10H18N4O2S.ClH/c1-12-5-3-9(4-6-12)14(17(15)16)10-7-11-13(2)8-10;/h7-9,17H,3-6H2,1-2H3;1H. The van der Waals surface area contributed by atoms with E-state index in [0.717, 1.165) is 25.9 Å². The summed E-state index contributed by atoms with van der Waals surface area (Å²) in [6.45, 7) is 1.87. The molecule has 0 spiro atoms. The highest BCUT2D eigenvalue weighted by atomic mass is 35.5. The third-order valence-electron chi connectivity index (χ3n) is 3.17. The molecule has 0 aliphatic carbocycles. The summed E-state index contributed by atoms with van der Waals surface area (Å²) in [5.74, 6) is 0. The molecule has 2 rings (SSSR count). The number of likely N-dealkylation sites (tertiary alicyclic amines) is 1. The summed E-state index contributed by atoms with van der Waals surface area (Å²) in [4.78, 5) is 2.22. The van der Waals surface area contributed by atoms with Crippen molar-refractivity contribution in [3.05, 3.63) is 12.4 Å². The molecule has 0 amide bonds. The van der Waals surface area contributed by atoms with E-state index in [2.05, 4.69) is 17.0 Å². The van der Waals surface area contributed by atoms with Gasteiger partial charge < -0.3 is 4.90 Å². The lowest BCUT2D eigenvalue weighted by Gasteiger charge is -2.34. The van der Waals surface area contributed by atoms with Crippen LogP contribution >= 0.6 is 12.4 Å². The summed E-state index contributed by atoms with van der Waals surface area (Å²) >= 11 is 0. The fourth-order valence-corrected chi connectivity index (χ4v) is 2.99. The van der Waals surface area contributed by atoms with E-state index >= 15 is 0 Å². The molecule has 0 unspecified atom stereocenters. The van der Waals surface area contributed by atoms with Crippen LogP contribution in [0.15, 0.2) is 12.4 Å². The number of aryl methyl sites for hydroxylation is 1. The van der Waals surface area contributed by atoms with Crippen LogP contribution in [0.5, 0.6) is 0 Å². The van der Waals surface area contributed by atoms with Gasteiger partial charge in [0.15, 0.2) is 0 Å². The van der Waals surface area contributed by atoms with Gasteiger partial charge in [-0.2, -0.15) is 5.10 Å². The van der Waals surface area contributed by atoms with Crippen molar-refractivity contribution < 1.29 is 8.42 Å². The van der Waals surface area contributed by atoms with Gasteiger partial charge in [-0.25, -0.2) is 8.42 Å². The summed E-state index contributed by atoms with van der Waals surface area (Å²) < 4.78 is 25.9. The molecular weight excluding hydrogens is 276 g/mol. The molecule has 0 radical (unpaired) electrons. The Morgan fingerprint density at radius 1 is 1.33 bits per heavy atom. The fraction of sp³-hybridized carbons (Fsp3) is 0.700. The second-order valence-electron chi connectivity index (χ2n) is 4.49. The van der Waals surface area contributed by atoms with Crippen LogP contribution in [0, 0.1) is 0 Å². The lowest BCUT2D eigenvalue weighted by molar-refractivity contribution is 0.257. The Kier molecular flexibility index (Phi) is 5.43. The Labute approximate surface area is 115 Å². The first-order valence-corrected chi connectivity index (χ1v) is 6.81. The average Bonchev–Trinajstić information content (AvgIpc) is 2.68. The summed E-state index contributed by atoms with van der Waals surface area (Å²) in [6.07, 6.45) is 5.08. The minimum Gasteiger partial charge on any atom is -0.306 e. The monoisotopic (exact) mass is 294 g/mol. The number of halogens is 1. The molecule has 0 aromatic carbocycles. The van der Waals surface area contributed by atoms with E-state index in [1.165, 1.54) is 4.31 Å². The number of thiol groups is 1. The zero-order valence-corrected chi connectivity index (χ0v) is 12.2. The molecule has 0 bridgehead atoms. The van der Waals surface area contributed by atoms with E-state index in [0.29, 0.717) is 5.69 Å². The van der Waals surface area contributed by atoms with Crippen LogP contribution < -0.4 is 4.31 Å². The van der Waals surface area contributed by atoms with Crippen molar-refractivity contribution in [2.75, 3.05) is 24.4 Å². The normalized spacial score (nSPS) is 17.7. The van der Waals surface area contributed by atoms with E-state index in [1.807, 2.05) is 0 Å². The van der Waals surface area contributed by atoms with Crippen molar-refractivity contribution in [3.63, 3.8) is 0 Å². The number of nitrogens with zero attached hydrogens (tertiary/aromatic N) is 4. The van der Waals surface area contributed by atoms with Crippen LogP contribution in [0.2, 0.25) is 0 Å². The smallest absolute Gasteiger partial charge is 0.225 e. The van der Waals surface area contributed by atoms with Gasteiger partial charge in [-0.15, -0.1) is 12.4 Å². The molecule has 1 aliphatic heterocycles. The zero-order chi connectivity index (χ0) is 12.4. The number of rotatable bonds is 3. The summed E-state index contributed by atoms with van der Waals surface area (Å²) in [5.41, 5.74) is 0.665. The van der Waals surface area contributed by atoms with Crippen molar-refractivity contribution in [1.82, 2.24) is 14.7 Å². The Morgan fingerprint density at radius 2 is 1.94 bits per heavy atom. The maximum absolute atomic E-state index is 11.4. The highest BCUT2D eigenvalue weighted by Crippen LogP contribution is 2.22. The van der Waals surface area contributed by atoms with E-state index in [4.69, 9.17) is 0 Å². The number of hydrogen-bond donors (Lipinski definition) is 1. The number of anilines is 1. The predicted octanol–water partition coefficient (Wildman–Crippen LogP) is 0.269. The first-order valence-electron chi connectivity index (χ1n) is 5.68. The average molecular weight is 295 g/mol. The second-order valence-corrected chi connectivity index (χ2v) is 5.40. The summed E-state index contributed by atoms with van der Waals surface area (Å²) in [7, 11) is 1.24. The van der Waals surface area contributed by atoms with E-state index in [-0.39, 0.29) is 18.4 Å². The topological polar surface area (TPSA) is 58.4 Å². The van der Waals surface area contributed by atoms with Crippen molar-refractivity contribution in [2.45, 2.75) is 18.9 Å². The van der Waals surface area contributed by atoms with Gasteiger partial charge in [0.25, 0.3) is 0 Å². The lowest BCUT2D eigenvalue weighted by Crippen LogP contribution is -2.43. The van der Waals surface area contributed by atoms with Crippen LogP contribution in [0.25, 0.3) is 0 Å². The van der Waals surface area contributed by atoms with E-state index < -0.39 is 10.9 Å². The molecule has 1 saturated heterocycles. The maximum Gasteiger partial charge on any atom is 0.225 e. The molecule has 1 aliphatic rings. The van der Waals surface area contributed by atoms with Crippen LogP contribution in [0.1, 0.15) is 12.8 Å².